The Hall–Kier alpha value is -2.33. The highest BCUT2D eigenvalue weighted by atomic mass is 28.3. The molecule has 3 rings (SSSR count). The van der Waals surface area contributed by atoms with E-state index in [-0.39, 0.29) is 0 Å². The van der Waals surface area contributed by atoms with Crippen LogP contribution in [-0.2, 0) is 0 Å². The Balaban J connectivity index is 1.96. The number of hydrogen-bond donors (Lipinski definition) is 0. The number of rotatable bonds is 3. The van der Waals surface area contributed by atoms with Gasteiger partial charge in [0, 0.05) is 17.8 Å². The van der Waals surface area contributed by atoms with Crippen LogP contribution in [0.1, 0.15) is 0 Å². The van der Waals surface area contributed by atoms with Gasteiger partial charge in [-0.15, -0.1) is 0 Å². The van der Waals surface area contributed by atoms with E-state index < -0.39 is 19.7 Å². The van der Waals surface area contributed by atoms with Gasteiger partial charge in [0.25, 0.3) is 0 Å². The average Bonchev–Trinajstić information content (AvgIpc) is 2.56. The van der Waals surface area contributed by atoms with Crippen molar-refractivity contribution < 1.29 is 8.78 Å². The van der Waals surface area contributed by atoms with Crippen LogP contribution in [0.3, 0.4) is 0 Å². The maximum absolute atomic E-state index is 13.9. The molecular weight excluding hydrogens is 308 g/mol. The van der Waals surface area contributed by atoms with Crippen molar-refractivity contribution in [3.05, 3.63) is 78.5 Å². The Kier molecular flexibility index (Phi) is 4.09. The molecule has 2 aromatic carbocycles. The molecule has 3 aromatic rings. The summed E-state index contributed by atoms with van der Waals surface area (Å²) in [6.07, 6.45) is 1.82. The number of nitrogens with zero attached hydrogens (tertiary/aromatic N) is 1. The smallest absolute Gasteiger partial charge is 0.135 e. The van der Waals surface area contributed by atoms with Gasteiger partial charge in [0.15, 0.2) is 0 Å². The third kappa shape index (κ3) is 3.08. The molecule has 0 bridgehead atoms. The van der Waals surface area contributed by atoms with E-state index in [1.165, 1.54) is 22.5 Å². The molecule has 116 valence electrons. The number of pyridine rings is 1. The van der Waals surface area contributed by atoms with Crippen LogP contribution >= 0.6 is 0 Å². The molecule has 1 aromatic heterocycles. The monoisotopic (exact) mass is 325 g/mol. The van der Waals surface area contributed by atoms with Gasteiger partial charge in [-0.05, 0) is 23.4 Å². The third-order valence-corrected chi connectivity index (χ3v) is 7.70. The van der Waals surface area contributed by atoms with E-state index in [1.54, 1.807) is 0 Å². The Bertz CT molecular complexity index is 815. The van der Waals surface area contributed by atoms with Gasteiger partial charge in [-0.1, -0.05) is 54.7 Å². The van der Waals surface area contributed by atoms with Gasteiger partial charge in [0.1, 0.15) is 19.7 Å². The van der Waals surface area contributed by atoms with E-state index in [9.17, 15) is 8.78 Å². The van der Waals surface area contributed by atoms with E-state index >= 15 is 0 Å². The average molecular weight is 325 g/mol. The normalized spacial score (nSPS) is 11.5. The van der Waals surface area contributed by atoms with Crippen molar-refractivity contribution >= 4 is 18.4 Å². The van der Waals surface area contributed by atoms with Crippen molar-refractivity contribution in [3.63, 3.8) is 0 Å². The lowest BCUT2D eigenvalue weighted by Gasteiger charge is -2.23. The lowest BCUT2D eigenvalue weighted by molar-refractivity contribution is 0.585. The minimum absolute atomic E-state index is 0.317. The topological polar surface area (TPSA) is 12.9 Å². The molecule has 0 radical (unpaired) electrons. The first-order valence-electron chi connectivity index (χ1n) is 7.46. The Morgan fingerprint density at radius 3 is 2.17 bits per heavy atom. The van der Waals surface area contributed by atoms with Gasteiger partial charge < -0.3 is 0 Å². The van der Waals surface area contributed by atoms with Crippen molar-refractivity contribution in [2.45, 2.75) is 13.1 Å². The molecule has 0 spiro atoms. The highest BCUT2D eigenvalue weighted by Gasteiger charge is 2.26. The first-order valence-corrected chi connectivity index (χ1v) is 10.5. The van der Waals surface area contributed by atoms with Crippen molar-refractivity contribution in [2.75, 3.05) is 0 Å². The van der Waals surface area contributed by atoms with E-state index in [2.05, 4.69) is 30.2 Å². The first kappa shape index (κ1) is 15.6. The summed E-state index contributed by atoms with van der Waals surface area (Å²) in [5.74, 6) is -1.18. The minimum atomic E-state index is -1.82. The standard InChI is InChI=1S/C19H17F2NSi/c1-23(2,15-6-4-3-5-7-15)16-9-11-19(22-13-16)17-10-8-14(20)12-18(17)21/h3-13H,1-2H3. The summed E-state index contributed by atoms with van der Waals surface area (Å²) in [4.78, 5) is 4.40. The molecule has 0 aliphatic carbocycles. The van der Waals surface area contributed by atoms with Crippen LogP contribution in [0.25, 0.3) is 11.3 Å². The zero-order valence-corrected chi connectivity index (χ0v) is 14.1. The highest BCUT2D eigenvalue weighted by molar-refractivity contribution is 7.00. The second kappa shape index (κ2) is 6.05. The summed E-state index contributed by atoms with van der Waals surface area (Å²) < 4.78 is 26.9. The number of aromatic nitrogens is 1. The van der Waals surface area contributed by atoms with E-state index in [1.807, 2.05) is 36.5 Å². The van der Waals surface area contributed by atoms with Crippen molar-refractivity contribution in [1.82, 2.24) is 4.98 Å². The second-order valence-corrected chi connectivity index (χ2v) is 10.5. The molecular formula is C19H17F2NSi. The van der Waals surface area contributed by atoms with E-state index in [4.69, 9.17) is 0 Å². The molecule has 0 atom stereocenters. The summed E-state index contributed by atoms with van der Waals surface area (Å²) in [5, 5.41) is 2.50. The lowest BCUT2D eigenvalue weighted by Crippen LogP contribution is -2.52. The Labute approximate surface area is 135 Å². The SMILES string of the molecule is C[Si](C)(c1ccccc1)c1ccc(-c2ccc(F)cc2F)nc1. The summed E-state index contributed by atoms with van der Waals surface area (Å²) in [5.41, 5.74) is 0.834. The quantitative estimate of drug-likeness (QED) is 0.667. The summed E-state index contributed by atoms with van der Waals surface area (Å²) >= 11 is 0. The molecule has 0 fully saturated rings. The summed E-state index contributed by atoms with van der Waals surface area (Å²) in [6.45, 7) is 4.52. The molecule has 0 saturated carbocycles. The van der Waals surface area contributed by atoms with Gasteiger partial charge in [-0.3, -0.25) is 4.98 Å². The molecule has 4 heteroatoms. The molecule has 0 unspecified atom stereocenters. The van der Waals surface area contributed by atoms with Gasteiger partial charge in [0.2, 0.25) is 0 Å². The number of halogens is 2. The number of benzene rings is 2. The minimum Gasteiger partial charge on any atom is -0.256 e. The van der Waals surface area contributed by atoms with Crippen molar-refractivity contribution in [2.24, 2.45) is 0 Å². The fourth-order valence-corrected chi connectivity index (χ4v) is 4.89. The first-order chi connectivity index (χ1) is 11.0. The summed E-state index contributed by atoms with van der Waals surface area (Å²) in [6, 6.07) is 17.7. The van der Waals surface area contributed by atoms with Gasteiger partial charge in [0.05, 0.1) is 5.69 Å². The third-order valence-electron chi connectivity index (χ3n) is 4.19. The zero-order chi connectivity index (χ0) is 16.4. The Morgan fingerprint density at radius 1 is 0.826 bits per heavy atom. The predicted octanol–water partition coefficient (Wildman–Crippen LogP) is 3.85. The molecule has 23 heavy (non-hydrogen) atoms. The highest BCUT2D eigenvalue weighted by Crippen LogP contribution is 2.21. The zero-order valence-electron chi connectivity index (χ0n) is 13.1. The van der Waals surface area contributed by atoms with Crippen LogP contribution in [-0.4, -0.2) is 13.1 Å². The van der Waals surface area contributed by atoms with E-state index in [0.29, 0.717) is 11.3 Å². The largest absolute Gasteiger partial charge is 0.256 e. The van der Waals surface area contributed by atoms with Crippen LogP contribution in [0.4, 0.5) is 8.78 Å². The Morgan fingerprint density at radius 2 is 1.57 bits per heavy atom. The van der Waals surface area contributed by atoms with Gasteiger partial charge in [-0.25, -0.2) is 8.78 Å². The van der Waals surface area contributed by atoms with Crippen LogP contribution in [0, 0.1) is 11.6 Å². The van der Waals surface area contributed by atoms with Crippen LogP contribution < -0.4 is 10.4 Å². The molecule has 0 aliphatic heterocycles. The van der Waals surface area contributed by atoms with Crippen LogP contribution in [0.5, 0.6) is 0 Å². The van der Waals surface area contributed by atoms with Crippen LogP contribution in [0.2, 0.25) is 13.1 Å². The molecule has 0 saturated heterocycles. The maximum atomic E-state index is 13.9. The lowest BCUT2D eigenvalue weighted by atomic mass is 10.1. The fraction of sp³-hybridized carbons (Fsp3) is 0.105. The maximum Gasteiger partial charge on any atom is 0.135 e. The van der Waals surface area contributed by atoms with E-state index in [0.717, 1.165) is 6.07 Å². The molecule has 1 heterocycles. The summed E-state index contributed by atoms with van der Waals surface area (Å²) in [7, 11) is -1.82. The number of hydrogen-bond acceptors (Lipinski definition) is 1. The predicted molar refractivity (Wildman–Crippen MR) is 92.8 cm³/mol. The van der Waals surface area contributed by atoms with Crippen molar-refractivity contribution in [3.8, 4) is 11.3 Å². The van der Waals surface area contributed by atoms with Gasteiger partial charge >= 0.3 is 0 Å². The van der Waals surface area contributed by atoms with Crippen molar-refractivity contribution in [1.29, 1.82) is 0 Å². The molecule has 0 amide bonds. The van der Waals surface area contributed by atoms with Crippen LogP contribution in [0.15, 0.2) is 66.9 Å². The molecule has 0 N–H and O–H groups in total. The second-order valence-electron chi connectivity index (χ2n) is 6.05. The van der Waals surface area contributed by atoms with Gasteiger partial charge in [-0.2, -0.15) is 0 Å². The molecule has 0 aliphatic rings. The fourth-order valence-electron chi connectivity index (χ4n) is 2.64. The molecule has 1 nitrogen and oxygen atoms in total.